The molecule has 0 atom stereocenters. The predicted molar refractivity (Wildman–Crippen MR) is 64.2 cm³/mol. The number of hydrogen-bond donors (Lipinski definition) is 1. The second kappa shape index (κ2) is 4.71. The molecule has 0 aliphatic rings. The van der Waals surface area contributed by atoms with E-state index in [9.17, 15) is 0 Å². The third-order valence-corrected chi connectivity index (χ3v) is 3.21. The summed E-state index contributed by atoms with van der Waals surface area (Å²) in [6.45, 7) is 0. The van der Waals surface area contributed by atoms with E-state index in [1.54, 1.807) is 24.9 Å². The van der Waals surface area contributed by atoms with Crippen LogP contribution in [0.4, 0.5) is 5.69 Å². The monoisotopic (exact) mass is 255 g/mol. The van der Waals surface area contributed by atoms with Crippen molar-refractivity contribution in [3.05, 3.63) is 29.0 Å². The van der Waals surface area contributed by atoms with Crippen molar-refractivity contribution in [1.29, 1.82) is 0 Å². The predicted octanol–water partition coefficient (Wildman–Crippen LogP) is 1.74. The molecule has 0 amide bonds. The largest absolute Gasteiger partial charge is 0.398 e. The first-order valence-corrected chi connectivity index (χ1v) is 5.92. The third kappa shape index (κ3) is 2.65. The topological polar surface area (TPSA) is 69.6 Å². The van der Waals surface area contributed by atoms with Gasteiger partial charge in [-0.15, -0.1) is 22.0 Å². The van der Waals surface area contributed by atoms with Crippen molar-refractivity contribution in [1.82, 2.24) is 20.2 Å². The first-order valence-electron chi connectivity index (χ1n) is 4.56. The molecule has 0 saturated carbocycles. The van der Waals surface area contributed by atoms with E-state index < -0.39 is 0 Å². The van der Waals surface area contributed by atoms with E-state index in [4.69, 9.17) is 17.3 Å². The van der Waals surface area contributed by atoms with Crippen LogP contribution >= 0.6 is 23.4 Å². The summed E-state index contributed by atoms with van der Waals surface area (Å²) in [6, 6.07) is 5.54. The maximum absolute atomic E-state index is 5.91. The quantitative estimate of drug-likeness (QED) is 0.668. The molecule has 0 aliphatic heterocycles. The molecule has 0 aliphatic carbocycles. The molecule has 16 heavy (non-hydrogen) atoms. The van der Waals surface area contributed by atoms with Crippen LogP contribution in [0.3, 0.4) is 0 Å². The molecule has 1 aromatic heterocycles. The summed E-state index contributed by atoms with van der Waals surface area (Å²) in [7, 11) is 1.74. The summed E-state index contributed by atoms with van der Waals surface area (Å²) in [6.07, 6.45) is 0. The average Bonchev–Trinajstić information content (AvgIpc) is 2.66. The molecule has 2 aromatic rings. The van der Waals surface area contributed by atoms with Crippen LogP contribution < -0.4 is 5.73 Å². The normalized spacial score (nSPS) is 10.6. The fraction of sp³-hybridized carbons (Fsp3) is 0.222. The molecule has 0 unspecified atom stereocenters. The second-order valence-corrected chi connectivity index (χ2v) is 4.62. The number of anilines is 1. The molecule has 5 nitrogen and oxygen atoms in total. The van der Waals surface area contributed by atoms with Crippen LogP contribution in [0.1, 0.15) is 5.82 Å². The number of hydrogen-bond acceptors (Lipinski definition) is 5. The first-order chi connectivity index (χ1) is 7.65. The highest BCUT2D eigenvalue weighted by molar-refractivity contribution is 7.98. The Balaban J connectivity index is 2.02. The van der Waals surface area contributed by atoms with Crippen LogP contribution in [-0.4, -0.2) is 20.2 Å². The summed E-state index contributed by atoms with van der Waals surface area (Å²) in [5, 5.41) is 12.3. The number of nitrogen functional groups attached to an aromatic ring is 1. The van der Waals surface area contributed by atoms with Crippen molar-refractivity contribution >= 4 is 29.1 Å². The van der Waals surface area contributed by atoms with Gasteiger partial charge in [-0.05, 0) is 23.4 Å². The van der Waals surface area contributed by atoms with Crippen LogP contribution in [0.2, 0.25) is 5.02 Å². The van der Waals surface area contributed by atoms with E-state index in [2.05, 4.69) is 15.4 Å². The van der Waals surface area contributed by atoms with E-state index in [-0.39, 0.29) is 0 Å². The molecule has 0 saturated heterocycles. The molecule has 2 N–H and O–H groups in total. The molecule has 0 bridgehead atoms. The fourth-order valence-corrected chi connectivity index (χ4v) is 2.15. The van der Waals surface area contributed by atoms with Gasteiger partial charge < -0.3 is 5.73 Å². The number of tetrazole rings is 1. The number of nitrogens with zero attached hydrogens (tertiary/aromatic N) is 4. The smallest absolute Gasteiger partial charge is 0.184 e. The van der Waals surface area contributed by atoms with Gasteiger partial charge in [0.15, 0.2) is 5.82 Å². The van der Waals surface area contributed by atoms with Crippen molar-refractivity contribution in [3.63, 3.8) is 0 Å². The van der Waals surface area contributed by atoms with Gasteiger partial charge in [0.1, 0.15) is 0 Å². The van der Waals surface area contributed by atoms with Crippen LogP contribution in [0.15, 0.2) is 23.1 Å². The molecule has 1 aromatic carbocycles. The number of benzene rings is 1. The van der Waals surface area contributed by atoms with Crippen molar-refractivity contribution < 1.29 is 0 Å². The Kier molecular flexibility index (Phi) is 3.31. The zero-order chi connectivity index (χ0) is 11.5. The number of thioether (sulfide) groups is 1. The van der Waals surface area contributed by atoms with E-state index >= 15 is 0 Å². The van der Waals surface area contributed by atoms with E-state index in [0.29, 0.717) is 22.3 Å². The molecule has 0 radical (unpaired) electrons. The molecular weight excluding hydrogens is 246 g/mol. The molecule has 84 valence electrons. The summed E-state index contributed by atoms with van der Waals surface area (Å²) >= 11 is 7.51. The summed E-state index contributed by atoms with van der Waals surface area (Å²) in [5.41, 5.74) is 6.21. The maximum atomic E-state index is 5.91. The Morgan fingerprint density at radius 1 is 1.50 bits per heavy atom. The van der Waals surface area contributed by atoms with Crippen LogP contribution in [0, 0.1) is 0 Å². The van der Waals surface area contributed by atoms with E-state index in [1.165, 1.54) is 4.80 Å². The minimum Gasteiger partial charge on any atom is -0.398 e. The Labute approximate surface area is 102 Å². The van der Waals surface area contributed by atoms with Gasteiger partial charge in [-0.2, -0.15) is 4.80 Å². The van der Waals surface area contributed by atoms with Gasteiger partial charge in [-0.25, -0.2) is 0 Å². The van der Waals surface area contributed by atoms with Crippen molar-refractivity contribution in [2.75, 3.05) is 5.73 Å². The van der Waals surface area contributed by atoms with Gasteiger partial charge in [0, 0.05) is 4.90 Å². The number of rotatable bonds is 3. The van der Waals surface area contributed by atoms with Gasteiger partial charge in [-0.3, -0.25) is 0 Å². The van der Waals surface area contributed by atoms with Gasteiger partial charge in [0.25, 0.3) is 0 Å². The Bertz CT molecular complexity index is 498. The highest BCUT2D eigenvalue weighted by Crippen LogP contribution is 2.27. The number of nitrogens with two attached hydrogens (primary N) is 1. The van der Waals surface area contributed by atoms with Gasteiger partial charge in [0.05, 0.1) is 23.5 Å². The summed E-state index contributed by atoms with van der Waals surface area (Å²) in [4.78, 5) is 2.47. The number of halogens is 1. The van der Waals surface area contributed by atoms with Crippen molar-refractivity contribution in [2.45, 2.75) is 10.6 Å². The zero-order valence-corrected chi connectivity index (χ0v) is 10.2. The highest BCUT2D eigenvalue weighted by Gasteiger charge is 2.03. The Morgan fingerprint density at radius 2 is 2.31 bits per heavy atom. The van der Waals surface area contributed by atoms with Gasteiger partial charge in [0.2, 0.25) is 0 Å². The Hall–Kier alpha value is -1.27. The molecule has 1 heterocycles. The van der Waals surface area contributed by atoms with Crippen LogP contribution in [-0.2, 0) is 12.8 Å². The SMILES string of the molecule is Cn1nnc(CSc2ccc(N)c(Cl)c2)n1. The average molecular weight is 256 g/mol. The Morgan fingerprint density at radius 3 is 2.94 bits per heavy atom. The zero-order valence-electron chi connectivity index (χ0n) is 8.59. The minimum atomic E-state index is 0.567. The lowest BCUT2D eigenvalue weighted by molar-refractivity contribution is 0.628. The van der Waals surface area contributed by atoms with Crippen molar-refractivity contribution in [2.24, 2.45) is 7.05 Å². The van der Waals surface area contributed by atoms with Crippen LogP contribution in [0.5, 0.6) is 0 Å². The minimum absolute atomic E-state index is 0.567. The molecule has 0 fully saturated rings. The first kappa shape index (κ1) is 11.2. The fourth-order valence-electron chi connectivity index (χ4n) is 1.13. The molecule has 2 rings (SSSR count). The summed E-state index contributed by atoms with van der Waals surface area (Å²) < 4.78 is 0. The molecular formula is C9H10ClN5S. The molecule has 0 spiro atoms. The van der Waals surface area contributed by atoms with E-state index in [0.717, 1.165) is 4.90 Å². The maximum Gasteiger partial charge on any atom is 0.184 e. The number of aryl methyl sites for hydroxylation is 1. The second-order valence-electron chi connectivity index (χ2n) is 3.17. The van der Waals surface area contributed by atoms with Gasteiger partial charge in [-0.1, -0.05) is 11.6 Å². The van der Waals surface area contributed by atoms with Crippen molar-refractivity contribution in [3.8, 4) is 0 Å². The number of aromatic nitrogens is 4. The van der Waals surface area contributed by atoms with Crippen LogP contribution in [0.25, 0.3) is 0 Å². The standard InChI is InChI=1S/C9H10ClN5S/c1-15-13-9(12-14-15)5-16-6-2-3-8(11)7(10)4-6/h2-4H,5,11H2,1H3. The van der Waals surface area contributed by atoms with Gasteiger partial charge >= 0.3 is 0 Å². The lowest BCUT2D eigenvalue weighted by Gasteiger charge is -2.01. The third-order valence-electron chi connectivity index (χ3n) is 1.89. The van der Waals surface area contributed by atoms with E-state index in [1.807, 2.05) is 12.1 Å². The lowest BCUT2D eigenvalue weighted by Crippen LogP contribution is -1.92. The lowest BCUT2D eigenvalue weighted by atomic mass is 10.3. The highest BCUT2D eigenvalue weighted by atomic mass is 35.5. The summed E-state index contributed by atoms with van der Waals surface area (Å²) in [5.74, 6) is 1.36. The molecule has 7 heteroatoms.